The molecule has 1 amide bonds. The van der Waals surface area contributed by atoms with Gasteiger partial charge in [0.25, 0.3) is 5.92 Å². The maximum absolute atomic E-state index is 13.0. The Morgan fingerprint density at radius 1 is 1.10 bits per heavy atom. The van der Waals surface area contributed by atoms with Crippen LogP contribution in [0, 0.1) is 0 Å². The van der Waals surface area contributed by atoms with Crippen molar-refractivity contribution in [2.45, 2.75) is 24.2 Å². The highest BCUT2D eigenvalue weighted by Crippen LogP contribution is 2.39. The summed E-state index contributed by atoms with van der Waals surface area (Å²) >= 11 is 0. The SMILES string of the molecule is O=C(N1CC(F)(F)C1)C1(c2ccccc2)CCOCC1. The van der Waals surface area contributed by atoms with Crippen molar-refractivity contribution in [1.29, 1.82) is 0 Å². The first-order chi connectivity index (χ1) is 9.54. The van der Waals surface area contributed by atoms with Crippen LogP contribution in [0.25, 0.3) is 0 Å². The fraction of sp³-hybridized carbons (Fsp3) is 0.533. The molecule has 0 atom stereocenters. The van der Waals surface area contributed by atoms with Gasteiger partial charge in [0.2, 0.25) is 5.91 Å². The van der Waals surface area contributed by atoms with Gasteiger partial charge in [-0.2, -0.15) is 0 Å². The lowest BCUT2D eigenvalue weighted by atomic mass is 9.72. The number of carbonyl (C=O) groups excluding carboxylic acids is 1. The average Bonchev–Trinajstić information content (AvgIpc) is 2.45. The Bertz CT molecular complexity index is 490. The van der Waals surface area contributed by atoms with E-state index < -0.39 is 24.4 Å². The molecule has 0 bridgehead atoms. The second kappa shape index (κ2) is 4.81. The van der Waals surface area contributed by atoms with E-state index in [1.54, 1.807) is 0 Å². The molecule has 108 valence electrons. The lowest BCUT2D eigenvalue weighted by Crippen LogP contribution is -2.63. The highest BCUT2D eigenvalue weighted by atomic mass is 19.3. The topological polar surface area (TPSA) is 29.5 Å². The highest BCUT2D eigenvalue weighted by Gasteiger charge is 2.52. The molecule has 0 saturated carbocycles. The average molecular weight is 281 g/mol. The first-order valence-electron chi connectivity index (χ1n) is 6.84. The molecule has 0 radical (unpaired) electrons. The summed E-state index contributed by atoms with van der Waals surface area (Å²) in [5.74, 6) is -2.91. The van der Waals surface area contributed by atoms with Gasteiger partial charge in [0.05, 0.1) is 18.5 Å². The first-order valence-corrected chi connectivity index (χ1v) is 6.84. The van der Waals surface area contributed by atoms with E-state index in [0.29, 0.717) is 26.1 Å². The summed E-state index contributed by atoms with van der Waals surface area (Å²) in [4.78, 5) is 14.0. The Morgan fingerprint density at radius 2 is 1.70 bits per heavy atom. The van der Waals surface area contributed by atoms with Crippen LogP contribution in [0.2, 0.25) is 0 Å². The first kappa shape index (κ1) is 13.5. The van der Waals surface area contributed by atoms with Crippen molar-refractivity contribution in [3.05, 3.63) is 35.9 Å². The number of carbonyl (C=O) groups is 1. The van der Waals surface area contributed by atoms with Crippen LogP contribution in [0.1, 0.15) is 18.4 Å². The molecular weight excluding hydrogens is 264 g/mol. The van der Waals surface area contributed by atoms with Gasteiger partial charge >= 0.3 is 0 Å². The van der Waals surface area contributed by atoms with Crippen LogP contribution in [0.3, 0.4) is 0 Å². The van der Waals surface area contributed by atoms with Crippen molar-refractivity contribution in [3.63, 3.8) is 0 Å². The van der Waals surface area contributed by atoms with Gasteiger partial charge in [-0.25, -0.2) is 8.78 Å². The Kier molecular flexibility index (Phi) is 3.24. The molecular formula is C15H17F2NO2. The van der Waals surface area contributed by atoms with Crippen LogP contribution in [0.5, 0.6) is 0 Å². The van der Waals surface area contributed by atoms with E-state index >= 15 is 0 Å². The maximum atomic E-state index is 13.0. The summed E-state index contributed by atoms with van der Waals surface area (Å²) < 4.78 is 31.4. The standard InChI is InChI=1S/C15H17F2NO2/c16-15(17)10-18(11-15)13(19)14(6-8-20-9-7-14)12-4-2-1-3-5-12/h1-5H,6-11H2. The minimum atomic E-state index is -2.72. The van der Waals surface area contributed by atoms with E-state index in [1.807, 2.05) is 30.3 Å². The van der Waals surface area contributed by atoms with E-state index in [4.69, 9.17) is 4.74 Å². The molecule has 20 heavy (non-hydrogen) atoms. The highest BCUT2D eigenvalue weighted by molar-refractivity contribution is 5.89. The Morgan fingerprint density at radius 3 is 2.25 bits per heavy atom. The fourth-order valence-corrected chi connectivity index (χ4v) is 3.06. The summed E-state index contributed by atoms with van der Waals surface area (Å²) in [7, 11) is 0. The van der Waals surface area contributed by atoms with Crippen LogP contribution in [-0.4, -0.2) is 43.0 Å². The number of likely N-dealkylation sites (tertiary alicyclic amines) is 1. The van der Waals surface area contributed by atoms with Gasteiger partial charge in [0.15, 0.2) is 0 Å². The third kappa shape index (κ3) is 2.20. The van der Waals surface area contributed by atoms with Gasteiger partial charge < -0.3 is 9.64 Å². The van der Waals surface area contributed by atoms with Crippen LogP contribution in [-0.2, 0) is 14.9 Å². The molecule has 2 aliphatic rings. The second-order valence-corrected chi connectivity index (χ2v) is 5.58. The van der Waals surface area contributed by atoms with Gasteiger partial charge in [-0.05, 0) is 18.4 Å². The van der Waals surface area contributed by atoms with E-state index in [9.17, 15) is 13.6 Å². The van der Waals surface area contributed by atoms with Crippen LogP contribution in [0.4, 0.5) is 8.78 Å². The molecule has 2 fully saturated rings. The third-order valence-electron chi connectivity index (χ3n) is 4.21. The minimum Gasteiger partial charge on any atom is -0.381 e. The Balaban J connectivity index is 1.89. The number of halogens is 2. The van der Waals surface area contributed by atoms with Crippen molar-refractivity contribution in [3.8, 4) is 0 Å². The molecule has 3 nitrogen and oxygen atoms in total. The summed E-state index contributed by atoms with van der Waals surface area (Å²) in [6.07, 6.45) is 1.11. The molecule has 0 unspecified atom stereocenters. The van der Waals surface area contributed by atoms with Gasteiger partial charge in [-0.1, -0.05) is 30.3 Å². The van der Waals surface area contributed by atoms with Gasteiger partial charge in [0.1, 0.15) is 0 Å². The zero-order valence-corrected chi connectivity index (χ0v) is 11.1. The lowest BCUT2D eigenvalue weighted by Gasteiger charge is -2.46. The van der Waals surface area contributed by atoms with E-state index in [2.05, 4.69) is 0 Å². The van der Waals surface area contributed by atoms with Crippen LogP contribution < -0.4 is 0 Å². The van der Waals surface area contributed by atoms with Crippen LogP contribution in [0.15, 0.2) is 30.3 Å². The quantitative estimate of drug-likeness (QED) is 0.832. The molecule has 0 aliphatic carbocycles. The molecule has 2 aliphatic heterocycles. The number of rotatable bonds is 2. The largest absolute Gasteiger partial charge is 0.381 e. The molecule has 2 heterocycles. The number of amides is 1. The summed E-state index contributed by atoms with van der Waals surface area (Å²) in [5, 5.41) is 0. The van der Waals surface area contributed by atoms with Crippen molar-refractivity contribution in [1.82, 2.24) is 4.90 Å². The number of hydrogen-bond donors (Lipinski definition) is 0. The maximum Gasteiger partial charge on any atom is 0.282 e. The second-order valence-electron chi connectivity index (χ2n) is 5.58. The van der Waals surface area contributed by atoms with Crippen molar-refractivity contribution in [2.75, 3.05) is 26.3 Å². The van der Waals surface area contributed by atoms with E-state index in [1.165, 1.54) is 4.90 Å². The summed E-state index contributed by atoms with van der Waals surface area (Å²) in [6.45, 7) is 0.0677. The summed E-state index contributed by atoms with van der Waals surface area (Å²) in [5.41, 5.74) is 0.208. The fourth-order valence-electron chi connectivity index (χ4n) is 3.06. The molecule has 2 saturated heterocycles. The summed E-state index contributed by atoms with van der Waals surface area (Å²) in [6, 6.07) is 9.45. The zero-order chi connectivity index (χ0) is 14.2. The van der Waals surface area contributed by atoms with E-state index in [0.717, 1.165) is 5.56 Å². The van der Waals surface area contributed by atoms with Crippen molar-refractivity contribution >= 4 is 5.91 Å². The predicted octanol–water partition coefficient (Wildman–Crippen LogP) is 2.21. The zero-order valence-electron chi connectivity index (χ0n) is 11.1. The Labute approximate surface area is 116 Å². The molecule has 3 rings (SSSR count). The van der Waals surface area contributed by atoms with Crippen molar-refractivity contribution < 1.29 is 18.3 Å². The van der Waals surface area contributed by atoms with Gasteiger partial charge in [-0.15, -0.1) is 0 Å². The molecule has 5 heteroatoms. The third-order valence-corrected chi connectivity index (χ3v) is 4.21. The Hall–Kier alpha value is -1.49. The van der Waals surface area contributed by atoms with Gasteiger partial charge in [-0.3, -0.25) is 4.79 Å². The van der Waals surface area contributed by atoms with Gasteiger partial charge in [0, 0.05) is 13.2 Å². The number of nitrogens with zero attached hydrogens (tertiary/aromatic N) is 1. The molecule has 1 aromatic rings. The molecule has 1 aromatic carbocycles. The van der Waals surface area contributed by atoms with E-state index in [-0.39, 0.29) is 5.91 Å². The molecule has 0 spiro atoms. The molecule has 0 N–H and O–H groups in total. The minimum absolute atomic E-state index is 0.182. The molecule has 0 aromatic heterocycles. The number of benzene rings is 1. The number of alkyl halides is 2. The number of ether oxygens (including phenoxy) is 1. The predicted molar refractivity (Wildman–Crippen MR) is 69.7 cm³/mol. The normalized spacial score (nSPS) is 24.0. The smallest absolute Gasteiger partial charge is 0.282 e. The van der Waals surface area contributed by atoms with Crippen LogP contribution >= 0.6 is 0 Å². The monoisotopic (exact) mass is 281 g/mol. The number of hydrogen-bond acceptors (Lipinski definition) is 2. The lowest BCUT2D eigenvalue weighted by molar-refractivity contribution is -0.174. The van der Waals surface area contributed by atoms with Crippen molar-refractivity contribution in [2.24, 2.45) is 0 Å².